The zero-order chi connectivity index (χ0) is 9.80. The van der Waals surface area contributed by atoms with Crippen LogP contribution in [0.25, 0.3) is 0 Å². The first-order chi connectivity index (χ1) is 6.84. The number of hydrazine groups is 1. The number of hydrogen-bond donors (Lipinski definition) is 1. The van der Waals surface area contributed by atoms with E-state index in [1.807, 2.05) is 12.3 Å². The number of aryl methyl sites for hydroxylation is 1. The maximum atomic E-state index is 4.32. The number of piperidine rings is 1. The molecule has 0 spiro atoms. The van der Waals surface area contributed by atoms with Gasteiger partial charge < -0.3 is 5.43 Å². The van der Waals surface area contributed by atoms with E-state index in [9.17, 15) is 0 Å². The van der Waals surface area contributed by atoms with E-state index in [2.05, 4.69) is 28.4 Å². The first-order valence-corrected chi connectivity index (χ1v) is 5.29. The lowest BCUT2D eigenvalue weighted by atomic mass is 10.2. The highest BCUT2D eigenvalue weighted by Crippen LogP contribution is 2.11. The largest absolute Gasteiger partial charge is 0.303 e. The summed E-state index contributed by atoms with van der Waals surface area (Å²) < 4.78 is 0. The van der Waals surface area contributed by atoms with Crippen LogP contribution in [0.5, 0.6) is 0 Å². The van der Waals surface area contributed by atoms with Crippen molar-refractivity contribution in [1.29, 1.82) is 0 Å². The third kappa shape index (κ3) is 2.45. The van der Waals surface area contributed by atoms with Gasteiger partial charge in [0.1, 0.15) is 5.82 Å². The van der Waals surface area contributed by atoms with Crippen LogP contribution in [0.1, 0.15) is 24.8 Å². The van der Waals surface area contributed by atoms with Crippen molar-refractivity contribution < 1.29 is 0 Å². The smallest absolute Gasteiger partial charge is 0.140 e. The number of aromatic nitrogens is 1. The molecule has 0 aliphatic carbocycles. The second kappa shape index (κ2) is 4.42. The van der Waals surface area contributed by atoms with E-state index >= 15 is 0 Å². The van der Waals surface area contributed by atoms with Gasteiger partial charge in [0.15, 0.2) is 0 Å². The highest BCUT2D eigenvalue weighted by atomic mass is 15.5. The van der Waals surface area contributed by atoms with E-state index < -0.39 is 0 Å². The van der Waals surface area contributed by atoms with Gasteiger partial charge in [-0.25, -0.2) is 9.99 Å². The monoisotopic (exact) mass is 191 g/mol. The molecule has 0 amide bonds. The number of hydrogen-bond acceptors (Lipinski definition) is 3. The zero-order valence-corrected chi connectivity index (χ0v) is 8.66. The molecule has 1 aliphatic heterocycles. The van der Waals surface area contributed by atoms with Crippen LogP contribution >= 0.6 is 0 Å². The molecule has 0 saturated carbocycles. The molecule has 3 nitrogen and oxygen atoms in total. The van der Waals surface area contributed by atoms with Crippen molar-refractivity contribution in [1.82, 2.24) is 9.99 Å². The summed E-state index contributed by atoms with van der Waals surface area (Å²) in [4.78, 5) is 4.32. The Hall–Kier alpha value is -1.09. The fourth-order valence-corrected chi connectivity index (χ4v) is 1.70. The van der Waals surface area contributed by atoms with Gasteiger partial charge in [0.05, 0.1) is 0 Å². The second-order valence-corrected chi connectivity index (χ2v) is 3.88. The maximum absolute atomic E-state index is 4.32. The van der Waals surface area contributed by atoms with E-state index in [0.717, 1.165) is 18.9 Å². The average molecular weight is 191 g/mol. The van der Waals surface area contributed by atoms with Crippen LogP contribution in [0.2, 0.25) is 0 Å². The fourth-order valence-electron chi connectivity index (χ4n) is 1.70. The summed E-state index contributed by atoms with van der Waals surface area (Å²) in [7, 11) is 0. The highest BCUT2D eigenvalue weighted by Gasteiger charge is 2.09. The summed E-state index contributed by atoms with van der Waals surface area (Å²) in [5.41, 5.74) is 4.53. The first kappa shape index (κ1) is 9.46. The number of pyridine rings is 1. The minimum absolute atomic E-state index is 0.956. The quantitative estimate of drug-likeness (QED) is 0.776. The van der Waals surface area contributed by atoms with Crippen LogP contribution in [0.3, 0.4) is 0 Å². The Morgan fingerprint density at radius 3 is 2.64 bits per heavy atom. The van der Waals surface area contributed by atoms with Crippen LogP contribution in [0.4, 0.5) is 5.82 Å². The minimum atomic E-state index is 0.956. The van der Waals surface area contributed by atoms with Crippen molar-refractivity contribution in [3.8, 4) is 0 Å². The second-order valence-electron chi connectivity index (χ2n) is 3.88. The molecule has 2 rings (SSSR count). The standard InChI is InChI=1S/C11H17N3/c1-10-5-6-11(12-9-10)13-14-7-3-2-4-8-14/h5-6,9H,2-4,7-8H2,1H3,(H,12,13). The molecule has 0 bridgehead atoms. The van der Waals surface area contributed by atoms with Crippen molar-refractivity contribution in [2.45, 2.75) is 26.2 Å². The van der Waals surface area contributed by atoms with E-state index in [1.54, 1.807) is 0 Å². The number of nitrogens with zero attached hydrogens (tertiary/aromatic N) is 2. The predicted molar refractivity (Wildman–Crippen MR) is 58.0 cm³/mol. The molecule has 1 fully saturated rings. The lowest BCUT2D eigenvalue weighted by molar-refractivity contribution is 0.272. The Kier molecular flexibility index (Phi) is 2.99. The molecule has 1 saturated heterocycles. The lowest BCUT2D eigenvalue weighted by Crippen LogP contribution is -2.35. The molecule has 0 aromatic carbocycles. The van der Waals surface area contributed by atoms with Gasteiger partial charge in [0.25, 0.3) is 0 Å². The number of anilines is 1. The molecule has 2 heterocycles. The van der Waals surface area contributed by atoms with Crippen molar-refractivity contribution in [3.05, 3.63) is 23.9 Å². The van der Waals surface area contributed by atoms with Crippen molar-refractivity contribution in [3.63, 3.8) is 0 Å². The molecule has 1 N–H and O–H groups in total. The summed E-state index contributed by atoms with van der Waals surface area (Å²) >= 11 is 0. The van der Waals surface area contributed by atoms with Gasteiger partial charge >= 0.3 is 0 Å². The van der Waals surface area contributed by atoms with Gasteiger partial charge in [0, 0.05) is 19.3 Å². The van der Waals surface area contributed by atoms with E-state index in [0.29, 0.717) is 0 Å². The van der Waals surface area contributed by atoms with E-state index in [-0.39, 0.29) is 0 Å². The predicted octanol–water partition coefficient (Wildman–Crippen LogP) is 2.20. The van der Waals surface area contributed by atoms with Crippen LogP contribution < -0.4 is 5.43 Å². The highest BCUT2D eigenvalue weighted by molar-refractivity contribution is 5.34. The fraction of sp³-hybridized carbons (Fsp3) is 0.545. The van der Waals surface area contributed by atoms with Gasteiger partial charge in [-0.15, -0.1) is 0 Å². The number of nitrogens with one attached hydrogen (secondary N) is 1. The summed E-state index contributed by atoms with van der Waals surface area (Å²) in [6, 6.07) is 4.11. The third-order valence-electron chi connectivity index (χ3n) is 2.54. The summed E-state index contributed by atoms with van der Waals surface area (Å²) in [6.45, 7) is 4.32. The molecule has 14 heavy (non-hydrogen) atoms. The maximum Gasteiger partial charge on any atom is 0.140 e. The molecular weight excluding hydrogens is 174 g/mol. The van der Waals surface area contributed by atoms with Gasteiger partial charge in [-0.3, -0.25) is 0 Å². The average Bonchev–Trinajstić information content (AvgIpc) is 2.23. The van der Waals surface area contributed by atoms with Gasteiger partial charge in [-0.1, -0.05) is 12.5 Å². The molecule has 1 aliphatic rings. The molecule has 0 atom stereocenters. The SMILES string of the molecule is Cc1ccc(NN2CCCCC2)nc1. The molecule has 1 aromatic rings. The Bertz CT molecular complexity index is 275. The Balaban J connectivity index is 1.92. The van der Waals surface area contributed by atoms with E-state index in [1.165, 1.54) is 24.8 Å². The van der Waals surface area contributed by atoms with E-state index in [4.69, 9.17) is 0 Å². The summed E-state index contributed by atoms with van der Waals surface area (Å²) in [5, 5.41) is 2.25. The third-order valence-corrected chi connectivity index (χ3v) is 2.54. The molecule has 1 aromatic heterocycles. The molecule has 3 heteroatoms. The normalized spacial score (nSPS) is 18.1. The Morgan fingerprint density at radius 2 is 2.00 bits per heavy atom. The summed E-state index contributed by atoms with van der Waals surface area (Å²) in [5.74, 6) is 0.956. The lowest BCUT2D eigenvalue weighted by Gasteiger charge is -2.27. The van der Waals surface area contributed by atoms with Crippen LogP contribution in [0, 0.1) is 6.92 Å². The van der Waals surface area contributed by atoms with Crippen molar-refractivity contribution >= 4 is 5.82 Å². The van der Waals surface area contributed by atoms with Gasteiger partial charge in [-0.05, 0) is 31.4 Å². The first-order valence-electron chi connectivity index (χ1n) is 5.29. The topological polar surface area (TPSA) is 28.2 Å². The van der Waals surface area contributed by atoms with Crippen LogP contribution in [-0.4, -0.2) is 23.1 Å². The number of rotatable bonds is 2. The Labute approximate surface area is 85.1 Å². The molecule has 0 radical (unpaired) electrons. The molecule has 0 unspecified atom stereocenters. The van der Waals surface area contributed by atoms with Gasteiger partial charge in [-0.2, -0.15) is 0 Å². The molecule has 76 valence electrons. The summed E-state index contributed by atoms with van der Waals surface area (Å²) in [6.07, 6.45) is 5.84. The van der Waals surface area contributed by atoms with Crippen molar-refractivity contribution in [2.75, 3.05) is 18.5 Å². The van der Waals surface area contributed by atoms with Gasteiger partial charge in [0.2, 0.25) is 0 Å². The Morgan fingerprint density at radius 1 is 1.21 bits per heavy atom. The zero-order valence-electron chi connectivity index (χ0n) is 8.66. The van der Waals surface area contributed by atoms with Crippen molar-refractivity contribution in [2.24, 2.45) is 0 Å². The van der Waals surface area contributed by atoms with Crippen LogP contribution in [0.15, 0.2) is 18.3 Å². The minimum Gasteiger partial charge on any atom is -0.303 e. The van der Waals surface area contributed by atoms with Crippen LogP contribution in [-0.2, 0) is 0 Å². The molecular formula is C11H17N3.